The van der Waals surface area contributed by atoms with Crippen LogP contribution >= 0.6 is 24.0 Å². The van der Waals surface area contributed by atoms with E-state index in [2.05, 4.69) is 51.5 Å². The first-order valence-electron chi connectivity index (χ1n) is 8.83. The number of pyridine rings is 1. The Bertz CT molecular complexity index is 498. The van der Waals surface area contributed by atoms with Gasteiger partial charge in [0.15, 0.2) is 5.96 Å². The minimum atomic E-state index is 0. The third-order valence-corrected chi connectivity index (χ3v) is 4.17. The van der Waals surface area contributed by atoms with Gasteiger partial charge in [-0.2, -0.15) is 0 Å². The van der Waals surface area contributed by atoms with E-state index in [1.54, 1.807) is 0 Å². The Morgan fingerprint density at radius 1 is 1.29 bits per heavy atom. The highest BCUT2D eigenvalue weighted by molar-refractivity contribution is 14.0. The van der Waals surface area contributed by atoms with Crippen LogP contribution in [0.1, 0.15) is 45.1 Å². The molecule has 1 aliphatic heterocycles. The highest BCUT2D eigenvalue weighted by Gasteiger charge is 2.13. The van der Waals surface area contributed by atoms with E-state index >= 15 is 0 Å². The normalized spacial score (nSPS) is 14.7. The van der Waals surface area contributed by atoms with E-state index in [0.717, 1.165) is 43.9 Å². The Morgan fingerprint density at radius 2 is 2.04 bits per heavy atom. The Labute approximate surface area is 163 Å². The van der Waals surface area contributed by atoms with Crippen LogP contribution in [0.15, 0.2) is 23.3 Å². The van der Waals surface area contributed by atoms with Crippen molar-refractivity contribution in [2.75, 3.05) is 31.6 Å². The lowest BCUT2D eigenvalue weighted by Gasteiger charge is -2.17. The summed E-state index contributed by atoms with van der Waals surface area (Å²) in [6.45, 7) is 8.51. The minimum Gasteiger partial charge on any atom is -0.357 e. The first kappa shape index (κ1) is 21.0. The molecular formula is C18H32IN5. The van der Waals surface area contributed by atoms with Crippen molar-refractivity contribution in [1.82, 2.24) is 15.6 Å². The van der Waals surface area contributed by atoms with Gasteiger partial charge in [0.25, 0.3) is 0 Å². The molecule has 1 saturated heterocycles. The maximum atomic E-state index is 4.50. The molecule has 2 rings (SSSR count). The molecule has 0 aliphatic carbocycles. The van der Waals surface area contributed by atoms with E-state index in [1.165, 1.54) is 31.2 Å². The Balaban J connectivity index is 0.00000288. The highest BCUT2D eigenvalue weighted by Crippen LogP contribution is 2.18. The lowest BCUT2D eigenvalue weighted by Crippen LogP contribution is -2.37. The Hall–Kier alpha value is -1.05. The lowest BCUT2D eigenvalue weighted by atomic mass is 10.1. The molecule has 0 saturated carbocycles. The Kier molecular flexibility index (Phi) is 10.1. The number of anilines is 1. The molecule has 2 heterocycles. The van der Waals surface area contributed by atoms with Gasteiger partial charge >= 0.3 is 0 Å². The standard InChI is InChI=1S/C18H31N5.HI/c1-15(2)7-6-9-21-18(19-3)22-14-16-8-10-20-17(13-16)23-11-4-5-12-23;/h8,10,13,15H,4-7,9,11-12,14H2,1-3H3,(H2,19,21,22);1H. The second-order valence-electron chi connectivity index (χ2n) is 6.61. The minimum absolute atomic E-state index is 0. The summed E-state index contributed by atoms with van der Waals surface area (Å²) in [5, 5.41) is 6.76. The molecule has 0 unspecified atom stereocenters. The van der Waals surface area contributed by atoms with Crippen molar-refractivity contribution in [3.8, 4) is 0 Å². The van der Waals surface area contributed by atoms with Gasteiger partial charge in [-0.25, -0.2) is 4.98 Å². The maximum Gasteiger partial charge on any atom is 0.191 e. The van der Waals surface area contributed by atoms with Gasteiger partial charge in [-0.15, -0.1) is 24.0 Å². The molecule has 0 aromatic carbocycles. The monoisotopic (exact) mass is 445 g/mol. The summed E-state index contributed by atoms with van der Waals surface area (Å²) < 4.78 is 0. The second kappa shape index (κ2) is 11.5. The van der Waals surface area contributed by atoms with Gasteiger partial charge in [0.05, 0.1) is 0 Å². The Morgan fingerprint density at radius 3 is 2.71 bits per heavy atom. The summed E-state index contributed by atoms with van der Waals surface area (Å²) in [7, 11) is 1.82. The van der Waals surface area contributed by atoms with Crippen LogP contribution in [0.25, 0.3) is 0 Å². The van der Waals surface area contributed by atoms with Gasteiger partial charge in [-0.05, 0) is 49.3 Å². The molecule has 1 aromatic heterocycles. The number of aliphatic imine (C=N–C) groups is 1. The number of nitrogens with one attached hydrogen (secondary N) is 2. The van der Waals surface area contributed by atoms with Crippen LogP contribution in [0.2, 0.25) is 0 Å². The molecule has 136 valence electrons. The first-order valence-corrected chi connectivity index (χ1v) is 8.83. The summed E-state index contributed by atoms with van der Waals surface area (Å²) in [4.78, 5) is 11.1. The molecule has 24 heavy (non-hydrogen) atoms. The van der Waals surface area contributed by atoms with Crippen molar-refractivity contribution >= 4 is 35.8 Å². The first-order chi connectivity index (χ1) is 11.2. The highest BCUT2D eigenvalue weighted by atomic mass is 127. The van der Waals surface area contributed by atoms with Crippen molar-refractivity contribution in [1.29, 1.82) is 0 Å². The summed E-state index contributed by atoms with van der Waals surface area (Å²) >= 11 is 0. The van der Waals surface area contributed by atoms with Crippen molar-refractivity contribution in [2.24, 2.45) is 10.9 Å². The van der Waals surface area contributed by atoms with Gasteiger partial charge in [0.1, 0.15) is 5.82 Å². The number of hydrogen-bond acceptors (Lipinski definition) is 3. The van der Waals surface area contributed by atoms with Crippen LogP contribution in [0, 0.1) is 5.92 Å². The average molecular weight is 445 g/mol. The van der Waals surface area contributed by atoms with Crippen LogP contribution in [0.3, 0.4) is 0 Å². The molecule has 0 amide bonds. The summed E-state index contributed by atoms with van der Waals surface area (Å²) in [6.07, 6.45) is 6.87. The number of hydrogen-bond donors (Lipinski definition) is 2. The second-order valence-corrected chi connectivity index (χ2v) is 6.61. The van der Waals surface area contributed by atoms with Gasteiger partial charge in [0.2, 0.25) is 0 Å². The third-order valence-electron chi connectivity index (χ3n) is 4.17. The molecular weight excluding hydrogens is 413 g/mol. The summed E-state index contributed by atoms with van der Waals surface area (Å²) in [6, 6.07) is 4.25. The van der Waals surface area contributed by atoms with Crippen molar-refractivity contribution in [3.63, 3.8) is 0 Å². The summed E-state index contributed by atoms with van der Waals surface area (Å²) in [5.41, 5.74) is 1.24. The maximum absolute atomic E-state index is 4.50. The largest absolute Gasteiger partial charge is 0.357 e. The topological polar surface area (TPSA) is 52.6 Å². The number of guanidine groups is 1. The van der Waals surface area contributed by atoms with Gasteiger partial charge in [0, 0.05) is 39.4 Å². The van der Waals surface area contributed by atoms with Crippen LogP contribution in [0.5, 0.6) is 0 Å². The van der Waals surface area contributed by atoms with Gasteiger partial charge in [-0.3, -0.25) is 4.99 Å². The molecule has 1 fully saturated rings. The fourth-order valence-electron chi connectivity index (χ4n) is 2.81. The predicted octanol–water partition coefficient (Wildman–Crippen LogP) is 3.40. The molecule has 0 radical (unpaired) electrons. The average Bonchev–Trinajstić information content (AvgIpc) is 3.09. The summed E-state index contributed by atoms with van der Waals surface area (Å²) in [5.74, 6) is 2.72. The lowest BCUT2D eigenvalue weighted by molar-refractivity contribution is 0.549. The fraction of sp³-hybridized carbons (Fsp3) is 0.667. The van der Waals surface area contributed by atoms with E-state index in [1.807, 2.05) is 13.2 Å². The molecule has 1 aliphatic rings. The third kappa shape index (κ3) is 7.23. The molecule has 5 nitrogen and oxygen atoms in total. The van der Waals surface area contributed by atoms with Crippen LogP contribution in [-0.4, -0.2) is 37.6 Å². The molecule has 2 N–H and O–H groups in total. The van der Waals surface area contributed by atoms with E-state index < -0.39 is 0 Å². The predicted molar refractivity (Wildman–Crippen MR) is 113 cm³/mol. The molecule has 0 spiro atoms. The van der Waals surface area contributed by atoms with Gasteiger partial charge < -0.3 is 15.5 Å². The van der Waals surface area contributed by atoms with Crippen LogP contribution < -0.4 is 15.5 Å². The smallest absolute Gasteiger partial charge is 0.191 e. The quantitative estimate of drug-likeness (QED) is 0.293. The molecule has 0 atom stereocenters. The van der Waals surface area contributed by atoms with Crippen LogP contribution in [0.4, 0.5) is 5.82 Å². The zero-order valence-electron chi connectivity index (χ0n) is 15.2. The number of rotatable bonds is 7. The van der Waals surface area contributed by atoms with E-state index in [4.69, 9.17) is 0 Å². The van der Waals surface area contributed by atoms with E-state index in [9.17, 15) is 0 Å². The zero-order chi connectivity index (χ0) is 16.5. The number of halogens is 1. The van der Waals surface area contributed by atoms with Crippen LogP contribution in [-0.2, 0) is 6.54 Å². The van der Waals surface area contributed by atoms with E-state index in [0.29, 0.717) is 0 Å². The van der Waals surface area contributed by atoms with Gasteiger partial charge in [-0.1, -0.05) is 13.8 Å². The molecule has 6 heteroatoms. The van der Waals surface area contributed by atoms with Crippen molar-refractivity contribution in [2.45, 2.75) is 46.1 Å². The number of aromatic nitrogens is 1. The molecule has 1 aromatic rings. The SMILES string of the molecule is CN=C(NCCCC(C)C)NCc1ccnc(N2CCCC2)c1.I. The van der Waals surface area contributed by atoms with Crippen molar-refractivity contribution in [3.05, 3.63) is 23.9 Å². The van der Waals surface area contributed by atoms with Crippen molar-refractivity contribution < 1.29 is 0 Å². The van der Waals surface area contributed by atoms with E-state index in [-0.39, 0.29) is 24.0 Å². The zero-order valence-corrected chi connectivity index (χ0v) is 17.5. The molecule has 0 bridgehead atoms. The number of nitrogens with zero attached hydrogens (tertiary/aromatic N) is 3. The fourth-order valence-corrected chi connectivity index (χ4v) is 2.81.